The van der Waals surface area contributed by atoms with Gasteiger partial charge < -0.3 is 19.7 Å². The maximum absolute atomic E-state index is 15.8. The first-order chi connectivity index (χ1) is 22.1. The molecule has 1 aliphatic rings. The number of benzene rings is 2. The molecule has 48 heavy (non-hydrogen) atoms. The molecule has 0 bridgehead atoms. The number of halogens is 3. The number of methoxy groups -OCH3 is 1. The van der Waals surface area contributed by atoms with Gasteiger partial charge in [-0.05, 0) is 110 Å². The van der Waals surface area contributed by atoms with E-state index in [0.29, 0.717) is 40.8 Å². The fourth-order valence-corrected chi connectivity index (χ4v) is 6.39. The largest absolute Gasteiger partial charge is 0.481 e. The van der Waals surface area contributed by atoms with Gasteiger partial charge >= 0.3 is 5.97 Å². The van der Waals surface area contributed by atoms with E-state index < -0.39 is 53.4 Å². The van der Waals surface area contributed by atoms with Gasteiger partial charge in [0.2, 0.25) is 5.91 Å². The summed E-state index contributed by atoms with van der Waals surface area (Å²) < 4.78 is 51.6. The Morgan fingerprint density at radius 1 is 1.00 bits per heavy atom. The van der Waals surface area contributed by atoms with E-state index in [1.165, 1.54) is 38.2 Å². The highest BCUT2D eigenvalue weighted by Crippen LogP contribution is 2.34. The number of carboxylic acids is 1. The number of hydrogen-bond acceptors (Lipinski definition) is 5. The fraction of sp³-hybridized carbons (Fsp3) is 0.472. The number of nitrogens with zero attached hydrogens (tertiary/aromatic N) is 2. The van der Waals surface area contributed by atoms with Crippen LogP contribution in [0.4, 0.5) is 13.2 Å². The topological polar surface area (TPSA) is 101 Å². The van der Waals surface area contributed by atoms with Crippen LogP contribution in [-0.2, 0) is 20.7 Å². The third kappa shape index (κ3) is 8.69. The van der Waals surface area contributed by atoms with Crippen LogP contribution in [0.3, 0.4) is 0 Å². The fourth-order valence-electron chi connectivity index (χ4n) is 6.39. The average molecular weight is 690 g/mol. The number of carboxylic acid groups (broad SMARTS) is 1. The van der Waals surface area contributed by atoms with Crippen molar-refractivity contribution in [2.75, 3.05) is 26.7 Å². The number of rotatable bonds is 13. The van der Waals surface area contributed by atoms with Gasteiger partial charge in [-0.2, -0.15) is 13.5 Å². The van der Waals surface area contributed by atoms with Crippen molar-refractivity contribution in [3.8, 4) is 11.1 Å². The molecule has 2 N–H and O–H groups in total. The van der Waals surface area contributed by atoms with Crippen LogP contribution < -0.4 is 10.9 Å². The molecule has 3 aromatic rings. The van der Waals surface area contributed by atoms with Crippen LogP contribution in [0, 0.1) is 51.1 Å². The summed E-state index contributed by atoms with van der Waals surface area (Å²) in [6.07, 6.45) is 1.60. The normalized spacial score (nSPS) is 14.7. The average Bonchev–Trinajstić information content (AvgIpc) is 2.95. The van der Waals surface area contributed by atoms with Crippen molar-refractivity contribution in [3.05, 3.63) is 91.6 Å². The quantitative estimate of drug-likeness (QED) is 0.226. The summed E-state index contributed by atoms with van der Waals surface area (Å²) in [5, 5.41) is 12.5. The maximum atomic E-state index is 15.8. The number of hydrogen-bond donors (Lipinski definition) is 2. The van der Waals surface area contributed by atoms with Gasteiger partial charge in [0.15, 0.2) is 5.82 Å². The standard InChI is InChI=1S/C36H44F3N3O5.H2S/c1-19(2)10-30(42-16-24(23(6)34(39)36(42)46)8-9-41-17-27(18-41)47-7)35(45)40-29(15-31(43)44)28-14-25(11-22(5)33(28)38)32-20(3)12-26(37)13-21(32)4;/h11-14,16,19,27,29-30H,8-10,15,17-18H2,1-7H3,(H,40,45)(H,43,44);1H2/t29-,30?;/m0./s1. The summed E-state index contributed by atoms with van der Waals surface area (Å²) >= 11 is 0. The Bertz CT molecular complexity index is 1700. The van der Waals surface area contributed by atoms with Crippen molar-refractivity contribution in [2.24, 2.45) is 5.92 Å². The lowest BCUT2D eigenvalue weighted by Crippen LogP contribution is -2.52. The second-order valence-electron chi connectivity index (χ2n) is 13.1. The van der Waals surface area contributed by atoms with Gasteiger partial charge in [-0.15, -0.1) is 0 Å². The number of likely N-dealkylation sites (tertiary alicyclic amines) is 1. The van der Waals surface area contributed by atoms with Gasteiger partial charge in [-0.1, -0.05) is 13.8 Å². The van der Waals surface area contributed by atoms with Crippen molar-refractivity contribution in [1.29, 1.82) is 0 Å². The molecule has 8 nitrogen and oxygen atoms in total. The van der Waals surface area contributed by atoms with Crippen molar-refractivity contribution in [1.82, 2.24) is 14.8 Å². The number of ether oxygens (including phenoxy) is 1. The van der Waals surface area contributed by atoms with Gasteiger partial charge in [0, 0.05) is 38.5 Å². The number of amides is 1. The Hall–Kier alpha value is -3.61. The molecular formula is C36H46F3N3O5S. The Kier molecular flexibility index (Phi) is 13.1. The lowest BCUT2D eigenvalue weighted by atomic mass is 9.90. The van der Waals surface area contributed by atoms with E-state index in [4.69, 9.17) is 4.74 Å². The Balaban J connectivity index is 0.00000625. The number of aliphatic carboxylic acids is 1. The third-order valence-electron chi connectivity index (χ3n) is 8.96. The zero-order valence-electron chi connectivity index (χ0n) is 28.5. The number of carbonyl (C=O) groups is 2. The molecule has 1 aliphatic heterocycles. The number of aromatic nitrogens is 1. The summed E-state index contributed by atoms with van der Waals surface area (Å²) in [7, 11) is 1.65. The summed E-state index contributed by atoms with van der Waals surface area (Å²) in [6.45, 7) is 12.3. The predicted molar refractivity (Wildman–Crippen MR) is 184 cm³/mol. The first-order valence-corrected chi connectivity index (χ1v) is 15.9. The minimum atomic E-state index is -1.32. The van der Waals surface area contributed by atoms with Gasteiger partial charge in [-0.25, -0.2) is 13.2 Å². The van der Waals surface area contributed by atoms with E-state index in [1.54, 1.807) is 27.0 Å². The lowest BCUT2D eigenvalue weighted by molar-refractivity contribution is -0.138. The van der Waals surface area contributed by atoms with E-state index in [2.05, 4.69) is 10.2 Å². The van der Waals surface area contributed by atoms with Crippen molar-refractivity contribution < 1.29 is 32.6 Å². The van der Waals surface area contributed by atoms with Crippen LogP contribution in [0.15, 0.2) is 35.3 Å². The SMILES string of the molecule is COC1CN(CCc2cn(C(CC(C)C)C(=O)N[C@@H](CC(=O)O)c3cc(-c4c(C)cc(F)cc4C)cc(C)c3F)c(=O)c(F)c2C)C1.S. The minimum Gasteiger partial charge on any atom is -0.481 e. The van der Waals surface area contributed by atoms with Crippen molar-refractivity contribution in [3.63, 3.8) is 0 Å². The zero-order chi connectivity index (χ0) is 34.7. The summed E-state index contributed by atoms with van der Waals surface area (Å²) in [5.74, 6) is -4.19. The summed E-state index contributed by atoms with van der Waals surface area (Å²) in [5.41, 5.74) is 2.40. The van der Waals surface area contributed by atoms with Crippen LogP contribution in [0.5, 0.6) is 0 Å². The molecule has 2 atom stereocenters. The first kappa shape index (κ1) is 38.8. The third-order valence-corrected chi connectivity index (χ3v) is 8.96. The second-order valence-corrected chi connectivity index (χ2v) is 13.1. The molecule has 0 spiro atoms. The second kappa shape index (κ2) is 16.2. The molecule has 2 heterocycles. The molecule has 1 unspecified atom stereocenters. The molecule has 262 valence electrons. The number of carbonyl (C=O) groups excluding carboxylic acids is 1. The maximum Gasteiger partial charge on any atom is 0.305 e. The molecular weight excluding hydrogens is 643 g/mol. The smallest absolute Gasteiger partial charge is 0.305 e. The zero-order valence-corrected chi connectivity index (χ0v) is 29.5. The predicted octanol–water partition coefficient (Wildman–Crippen LogP) is 6.07. The highest BCUT2D eigenvalue weighted by Gasteiger charge is 2.31. The minimum absolute atomic E-state index is 0. The van der Waals surface area contributed by atoms with Crippen molar-refractivity contribution >= 4 is 25.4 Å². The van der Waals surface area contributed by atoms with E-state index in [0.717, 1.165) is 17.7 Å². The summed E-state index contributed by atoms with van der Waals surface area (Å²) in [6, 6.07) is 3.28. The van der Waals surface area contributed by atoms with Crippen LogP contribution >= 0.6 is 13.5 Å². The molecule has 0 aliphatic carbocycles. The van der Waals surface area contributed by atoms with E-state index in [9.17, 15) is 23.9 Å². The molecule has 12 heteroatoms. The van der Waals surface area contributed by atoms with Crippen molar-refractivity contribution in [2.45, 2.75) is 79.0 Å². The van der Waals surface area contributed by atoms with E-state index in [-0.39, 0.29) is 48.6 Å². The lowest BCUT2D eigenvalue weighted by Gasteiger charge is -2.38. The highest BCUT2D eigenvalue weighted by molar-refractivity contribution is 7.59. The first-order valence-electron chi connectivity index (χ1n) is 15.9. The Morgan fingerprint density at radius 3 is 2.19 bits per heavy atom. The molecule has 1 fully saturated rings. The van der Waals surface area contributed by atoms with Crippen LogP contribution in [0.1, 0.15) is 72.2 Å². The van der Waals surface area contributed by atoms with Crippen LogP contribution in [0.2, 0.25) is 0 Å². The Morgan fingerprint density at radius 2 is 1.62 bits per heavy atom. The molecule has 0 radical (unpaired) electrons. The van der Waals surface area contributed by atoms with Gasteiger partial charge in [-0.3, -0.25) is 19.3 Å². The van der Waals surface area contributed by atoms with Crippen LogP contribution in [-0.4, -0.2) is 59.3 Å². The molecule has 1 saturated heterocycles. The van der Waals surface area contributed by atoms with Gasteiger partial charge in [0.05, 0.1) is 18.6 Å². The Labute approximate surface area is 286 Å². The number of aryl methyl sites for hydroxylation is 3. The molecule has 1 aromatic heterocycles. The van der Waals surface area contributed by atoms with Gasteiger partial charge in [0.25, 0.3) is 5.56 Å². The van der Waals surface area contributed by atoms with E-state index in [1.807, 2.05) is 13.8 Å². The highest BCUT2D eigenvalue weighted by atomic mass is 32.1. The molecule has 0 saturated carbocycles. The molecule has 4 rings (SSSR count). The molecule has 1 amide bonds. The van der Waals surface area contributed by atoms with E-state index >= 15 is 8.78 Å². The van der Waals surface area contributed by atoms with Crippen LogP contribution in [0.25, 0.3) is 11.1 Å². The van der Waals surface area contributed by atoms with Gasteiger partial charge in [0.1, 0.15) is 17.7 Å². The summed E-state index contributed by atoms with van der Waals surface area (Å²) in [4.78, 5) is 41.5. The number of pyridine rings is 1. The molecule has 2 aromatic carbocycles. The monoisotopic (exact) mass is 689 g/mol. The number of nitrogens with one attached hydrogen (secondary N) is 1.